The van der Waals surface area contributed by atoms with Crippen LogP contribution in [0.3, 0.4) is 0 Å². The van der Waals surface area contributed by atoms with Crippen LogP contribution in [0.4, 0.5) is 0 Å². The minimum absolute atomic E-state index is 0.636. The molecule has 3 nitrogen and oxygen atoms in total. The fourth-order valence-corrected chi connectivity index (χ4v) is 1.83. The molecule has 0 amide bonds. The third-order valence-corrected chi connectivity index (χ3v) is 2.74. The molecule has 1 aromatic carbocycles. The van der Waals surface area contributed by atoms with Crippen LogP contribution in [0.25, 0.3) is 11.4 Å². The first-order valence-electron chi connectivity index (χ1n) is 5.88. The molecule has 0 aliphatic carbocycles. The van der Waals surface area contributed by atoms with Gasteiger partial charge in [0, 0.05) is 12.1 Å². The predicted octanol–water partition coefficient (Wildman–Crippen LogP) is 3.22. The van der Waals surface area contributed by atoms with Gasteiger partial charge in [-0.1, -0.05) is 43.7 Å². The molecule has 17 heavy (non-hydrogen) atoms. The molecule has 1 heterocycles. The first-order valence-corrected chi connectivity index (χ1v) is 5.88. The van der Waals surface area contributed by atoms with Gasteiger partial charge in [-0.3, -0.25) is 0 Å². The Morgan fingerprint density at radius 2 is 2.06 bits per heavy atom. The number of benzene rings is 1. The molecule has 0 saturated carbocycles. The quantitative estimate of drug-likeness (QED) is 0.801. The van der Waals surface area contributed by atoms with E-state index in [1.165, 1.54) is 0 Å². The van der Waals surface area contributed by atoms with Gasteiger partial charge < -0.3 is 4.57 Å². The summed E-state index contributed by atoms with van der Waals surface area (Å²) in [5.74, 6) is 0.885. The van der Waals surface area contributed by atoms with E-state index < -0.39 is 0 Å². The number of hydrogen-bond donors (Lipinski definition) is 0. The minimum atomic E-state index is 0.636. The lowest BCUT2D eigenvalue weighted by atomic mass is 10.2. The Balaban J connectivity index is 2.41. The molecule has 86 valence electrons. The van der Waals surface area contributed by atoms with Crippen molar-refractivity contribution >= 4 is 0 Å². The molecule has 0 aliphatic rings. The summed E-state index contributed by atoms with van der Waals surface area (Å²) < 4.78 is 2.00. The third-order valence-electron chi connectivity index (χ3n) is 2.74. The van der Waals surface area contributed by atoms with E-state index in [1.807, 2.05) is 34.9 Å². The maximum Gasteiger partial charge on any atom is 0.140 e. The van der Waals surface area contributed by atoms with Gasteiger partial charge in [-0.2, -0.15) is 5.26 Å². The Labute approximate surface area is 101 Å². The van der Waals surface area contributed by atoms with E-state index in [1.54, 1.807) is 6.20 Å². The summed E-state index contributed by atoms with van der Waals surface area (Å²) in [6.07, 6.45) is 3.82. The molecule has 1 aromatic heterocycles. The van der Waals surface area contributed by atoms with Gasteiger partial charge in [0.15, 0.2) is 0 Å². The largest absolute Gasteiger partial charge is 0.316 e. The zero-order valence-electron chi connectivity index (χ0n) is 9.93. The van der Waals surface area contributed by atoms with Crippen molar-refractivity contribution in [3.8, 4) is 17.5 Å². The zero-order chi connectivity index (χ0) is 12.1. The Morgan fingerprint density at radius 3 is 2.71 bits per heavy atom. The van der Waals surface area contributed by atoms with Crippen molar-refractivity contribution in [3.05, 3.63) is 42.2 Å². The zero-order valence-corrected chi connectivity index (χ0v) is 9.93. The molecular weight excluding hydrogens is 210 g/mol. The van der Waals surface area contributed by atoms with Gasteiger partial charge in [-0.15, -0.1) is 0 Å². The van der Waals surface area contributed by atoms with Gasteiger partial charge in [-0.05, 0) is 6.42 Å². The van der Waals surface area contributed by atoms with Crippen LogP contribution in [-0.4, -0.2) is 9.55 Å². The van der Waals surface area contributed by atoms with E-state index in [2.05, 4.69) is 18.0 Å². The van der Waals surface area contributed by atoms with Gasteiger partial charge in [0.1, 0.15) is 17.6 Å². The molecule has 0 radical (unpaired) electrons. The number of rotatable bonds is 4. The molecular formula is C14H15N3. The second-order valence-corrected chi connectivity index (χ2v) is 3.95. The highest BCUT2D eigenvalue weighted by atomic mass is 15.1. The first-order chi connectivity index (χ1) is 8.36. The number of aromatic nitrogens is 2. The lowest BCUT2D eigenvalue weighted by Gasteiger charge is -2.08. The van der Waals surface area contributed by atoms with E-state index in [4.69, 9.17) is 5.26 Å². The van der Waals surface area contributed by atoms with Crippen LogP contribution in [0.5, 0.6) is 0 Å². The van der Waals surface area contributed by atoms with Crippen LogP contribution in [0, 0.1) is 11.3 Å². The summed E-state index contributed by atoms with van der Waals surface area (Å²) in [7, 11) is 0. The van der Waals surface area contributed by atoms with E-state index in [-0.39, 0.29) is 0 Å². The highest BCUT2D eigenvalue weighted by Gasteiger charge is 2.10. The summed E-state index contributed by atoms with van der Waals surface area (Å²) in [6, 6.07) is 12.2. The first kappa shape index (κ1) is 11.4. The SMILES string of the molecule is CCCCn1c(C#N)cnc1-c1ccccc1. The number of hydrogen-bond acceptors (Lipinski definition) is 2. The maximum atomic E-state index is 9.07. The molecule has 0 aliphatic heterocycles. The number of unbranched alkanes of at least 4 members (excludes halogenated alkanes) is 1. The number of nitriles is 1. The fraction of sp³-hybridized carbons (Fsp3) is 0.286. The lowest BCUT2D eigenvalue weighted by Crippen LogP contribution is -2.03. The average Bonchev–Trinajstić information content (AvgIpc) is 2.80. The van der Waals surface area contributed by atoms with E-state index in [0.29, 0.717) is 5.69 Å². The maximum absolute atomic E-state index is 9.07. The van der Waals surface area contributed by atoms with Gasteiger partial charge in [0.05, 0.1) is 6.20 Å². The van der Waals surface area contributed by atoms with Crippen molar-refractivity contribution in [3.63, 3.8) is 0 Å². The second-order valence-electron chi connectivity index (χ2n) is 3.95. The Bertz CT molecular complexity index is 520. The van der Waals surface area contributed by atoms with Gasteiger partial charge in [0.25, 0.3) is 0 Å². The molecule has 3 heteroatoms. The minimum Gasteiger partial charge on any atom is -0.316 e. The topological polar surface area (TPSA) is 41.6 Å². The highest BCUT2D eigenvalue weighted by molar-refractivity contribution is 5.56. The molecule has 0 saturated heterocycles. The molecule has 0 atom stereocenters. The van der Waals surface area contributed by atoms with Crippen molar-refractivity contribution in [2.75, 3.05) is 0 Å². The third kappa shape index (κ3) is 2.36. The Hall–Kier alpha value is -2.08. The summed E-state index contributed by atoms with van der Waals surface area (Å²) in [5.41, 5.74) is 1.70. The molecule has 2 aromatic rings. The highest BCUT2D eigenvalue weighted by Crippen LogP contribution is 2.19. The van der Waals surface area contributed by atoms with Crippen LogP contribution < -0.4 is 0 Å². The van der Waals surface area contributed by atoms with Gasteiger partial charge in [0.2, 0.25) is 0 Å². The second kappa shape index (κ2) is 5.31. The Morgan fingerprint density at radius 1 is 1.29 bits per heavy atom. The van der Waals surface area contributed by atoms with Crippen molar-refractivity contribution in [1.29, 1.82) is 5.26 Å². The van der Waals surface area contributed by atoms with Crippen LogP contribution >= 0.6 is 0 Å². The molecule has 0 N–H and O–H groups in total. The monoisotopic (exact) mass is 225 g/mol. The Kier molecular flexibility index (Phi) is 3.56. The fourth-order valence-electron chi connectivity index (χ4n) is 1.83. The summed E-state index contributed by atoms with van der Waals surface area (Å²) in [5, 5.41) is 9.07. The predicted molar refractivity (Wildman–Crippen MR) is 67.3 cm³/mol. The van der Waals surface area contributed by atoms with Crippen LogP contribution in [0.1, 0.15) is 25.5 Å². The standard InChI is InChI=1S/C14H15N3/c1-2-3-9-17-13(10-15)11-16-14(17)12-7-5-4-6-8-12/h4-8,11H,2-3,9H2,1H3. The molecule has 0 unspecified atom stereocenters. The molecule has 0 fully saturated rings. The van der Waals surface area contributed by atoms with Crippen LogP contribution in [-0.2, 0) is 6.54 Å². The molecule has 2 rings (SSSR count). The number of nitrogens with zero attached hydrogens (tertiary/aromatic N) is 3. The van der Waals surface area contributed by atoms with E-state index >= 15 is 0 Å². The molecule has 0 bridgehead atoms. The lowest BCUT2D eigenvalue weighted by molar-refractivity contribution is 0.632. The van der Waals surface area contributed by atoms with Crippen molar-refractivity contribution in [2.45, 2.75) is 26.3 Å². The van der Waals surface area contributed by atoms with Crippen LogP contribution in [0.2, 0.25) is 0 Å². The normalized spacial score (nSPS) is 10.1. The van der Waals surface area contributed by atoms with Gasteiger partial charge in [-0.25, -0.2) is 4.98 Å². The van der Waals surface area contributed by atoms with Gasteiger partial charge >= 0.3 is 0 Å². The van der Waals surface area contributed by atoms with Crippen molar-refractivity contribution in [2.24, 2.45) is 0 Å². The van der Waals surface area contributed by atoms with Crippen LogP contribution in [0.15, 0.2) is 36.5 Å². The summed E-state index contributed by atoms with van der Waals surface area (Å²) in [4.78, 5) is 4.35. The summed E-state index contributed by atoms with van der Waals surface area (Å²) in [6.45, 7) is 2.99. The van der Waals surface area contributed by atoms with Crippen molar-refractivity contribution in [1.82, 2.24) is 9.55 Å². The van der Waals surface area contributed by atoms with E-state index in [0.717, 1.165) is 30.8 Å². The number of imidazole rings is 1. The van der Waals surface area contributed by atoms with Crippen molar-refractivity contribution < 1.29 is 0 Å². The smallest absolute Gasteiger partial charge is 0.140 e. The molecule has 0 spiro atoms. The average molecular weight is 225 g/mol. The summed E-state index contributed by atoms with van der Waals surface area (Å²) >= 11 is 0. The van der Waals surface area contributed by atoms with E-state index in [9.17, 15) is 0 Å².